The van der Waals surface area contributed by atoms with Crippen LogP contribution in [0.2, 0.25) is 0 Å². The molecule has 0 aliphatic carbocycles. The zero-order valence-electron chi connectivity index (χ0n) is 17.4. The van der Waals surface area contributed by atoms with Crippen molar-refractivity contribution < 1.29 is 8.78 Å². The Morgan fingerprint density at radius 1 is 0.806 bits per heavy atom. The largest absolute Gasteiger partial charge is 0.297 e. The Kier molecular flexibility index (Phi) is 5.65. The number of rotatable bonds is 5. The molecule has 0 N–H and O–H groups in total. The van der Waals surface area contributed by atoms with Gasteiger partial charge in [-0.3, -0.25) is 9.89 Å². The van der Waals surface area contributed by atoms with Crippen LogP contribution in [0.25, 0.3) is 0 Å². The number of aliphatic imine (C=N–C) groups is 1. The lowest BCUT2D eigenvalue weighted by atomic mass is 9.71. The number of benzene rings is 3. The van der Waals surface area contributed by atoms with Gasteiger partial charge in [0.2, 0.25) is 0 Å². The van der Waals surface area contributed by atoms with Gasteiger partial charge in [-0.05, 0) is 60.7 Å². The average molecular weight is 417 g/mol. The predicted molar refractivity (Wildman–Crippen MR) is 121 cm³/mol. The second-order valence-electron chi connectivity index (χ2n) is 8.63. The standard InChI is InChI=1S/C27H26F2N2/c28-23-15-19(16-24(29)17-23)18-30-26-22-11-13-31(14-12-22)27(26)25(20-7-3-1-4-8-20)21-9-5-2-6-10-21/h1-10,15-18,22,25-27H,11-14H2/b30-18+/t26-,27+/m1/s1. The second-order valence-corrected chi connectivity index (χ2v) is 8.63. The number of piperidine rings is 3. The van der Waals surface area contributed by atoms with Gasteiger partial charge in [0.15, 0.2) is 0 Å². The van der Waals surface area contributed by atoms with Gasteiger partial charge in [-0.1, -0.05) is 60.7 Å². The molecule has 3 saturated heterocycles. The quantitative estimate of drug-likeness (QED) is 0.489. The minimum atomic E-state index is -0.571. The van der Waals surface area contributed by atoms with Crippen molar-refractivity contribution in [2.45, 2.75) is 30.8 Å². The molecule has 3 heterocycles. The fraction of sp³-hybridized carbons (Fsp3) is 0.296. The summed E-state index contributed by atoms with van der Waals surface area (Å²) in [6.45, 7) is 2.15. The first-order chi connectivity index (χ1) is 15.2. The molecule has 3 aromatic rings. The van der Waals surface area contributed by atoms with Crippen molar-refractivity contribution in [3.8, 4) is 0 Å². The summed E-state index contributed by atoms with van der Waals surface area (Å²) >= 11 is 0. The smallest absolute Gasteiger partial charge is 0.126 e. The first kappa shape index (κ1) is 20.1. The van der Waals surface area contributed by atoms with E-state index < -0.39 is 11.6 Å². The van der Waals surface area contributed by atoms with Crippen LogP contribution in [-0.4, -0.2) is 36.3 Å². The Morgan fingerprint density at radius 2 is 1.35 bits per heavy atom. The number of nitrogens with zero attached hydrogens (tertiary/aromatic N) is 2. The first-order valence-corrected chi connectivity index (χ1v) is 11.0. The molecule has 0 saturated carbocycles. The number of hydrogen-bond donors (Lipinski definition) is 0. The van der Waals surface area contributed by atoms with Crippen LogP contribution in [0, 0.1) is 17.6 Å². The SMILES string of the molecule is Fc1cc(F)cc(/C=N/[C@@H]2C3CCN(CC3)[C@H]2C(c2ccccc2)c2ccccc2)c1. The zero-order valence-corrected chi connectivity index (χ0v) is 17.4. The monoisotopic (exact) mass is 416 g/mol. The van der Waals surface area contributed by atoms with Gasteiger partial charge in [0.1, 0.15) is 11.6 Å². The number of fused-ring (bicyclic) bond motifs is 3. The molecule has 0 unspecified atom stereocenters. The van der Waals surface area contributed by atoms with Gasteiger partial charge < -0.3 is 0 Å². The van der Waals surface area contributed by atoms with E-state index in [-0.39, 0.29) is 18.0 Å². The number of hydrogen-bond acceptors (Lipinski definition) is 2. The van der Waals surface area contributed by atoms with E-state index in [0.29, 0.717) is 11.5 Å². The first-order valence-electron chi connectivity index (χ1n) is 11.0. The van der Waals surface area contributed by atoms with Crippen LogP contribution in [0.1, 0.15) is 35.4 Å². The van der Waals surface area contributed by atoms with Crippen LogP contribution in [0.3, 0.4) is 0 Å². The van der Waals surface area contributed by atoms with E-state index in [1.165, 1.54) is 23.3 Å². The molecule has 2 bridgehead atoms. The molecule has 2 nitrogen and oxygen atoms in total. The van der Waals surface area contributed by atoms with Crippen molar-refractivity contribution >= 4 is 6.21 Å². The van der Waals surface area contributed by atoms with Gasteiger partial charge in [0, 0.05) is 24.2 Å². The van der Waals surface area contributed by atoms with Gasteiger partial charge in [0.25, 0.3) is 0 Å². The molecule has 4 heteroatoms. The molecule has 3 fully saturated rings. The molecule has 2 atom stereocenters. The second kappa shape index (κ2) is 8.72. The molecule has 3 aliphatic rings. The maximum atomic E-state index is 13.7. The highest BCUT2D eigenvalue weighted by molar-refractivity contribution is 5.79. The summed E-state index contributed by atoms with van der Waals surface area (Å²) in [5.74, 6) is -0.465. The summed E-state index contributed by atoms with van der Waals surface area (Å²) < 4.78 is 27.4. The molecule has 0 spiro atoms. The summed E-state index contributed by atoms with van der Waals surface area (Å²) in [5, 5.41) is 0. The third-order valence-corrected chi connectivity index (χ3v) is 6.77. The van der Waals surface area contributed by atoms with Crippen molar-refractivity contribution in [1.82, 2.24) is 4.90 Å². The fourth-order valence-corrected chi connectivity index (χ4v) is 5.40. The molecule has 0 radical (unpaired) electrons. The van der Waals surface area contributed by atoms with Gasteiger partial charge in [0.05, 0.1) is 6.04 Å². The average Bonchev–Trinajstić information content (AvgIpc) is 2.80. The minimum Gasteiger partial charge on any atom is -0.297 e. The van der Waals surface area contributed by atoms with Gasteiger partial charge in [-0.25, -0.2) is 8.78 Å². The maximum absolute atomic E-state index is 13.7. The summed E-state index contributed by atoms with van der Waals surface area (Å²) in [5.41, 5.74) is 3.04. The highest BCUT2D eigenvalue weighted by Gasteiger charge is 2.46. The Morgan fingerprint density at radius 3 is 1.90 bits per heavy atom. The van der Waals surface area contributed by atoms with E-state index in [4.69, 9.17) is 4.99 Å². The minimum absolute atomic E-state index is 0.0826. The number of halogens is 2. The van der Waals surface area contributed by atoms with Crippen molar-refractivity contribution in [3.63, 3.8) is 0 Å². The van der Waals surface area contributed by atoms with Crippen LogP contribution < -0.4 is 0 Å². The van der Waals surface area contributed by atoms with E-state index in [0.717, 1.165) is 32.0 Å². The highest BCUT2D eigenvalue weighted by atomic mass is 19.1. The van der Waals surface area contributed by atoms with E-state index in [9.17, 15) is 8.78 Å². The van der Waals surface area contributed by atoms with Crippen molar-refractivity contribution in [3.05, 3.63) is 107 Å². The van der Waals surface area contributed by atoms with E-state index in [1.807, 2.05) is 12.1 Å². The van der Waals surface area contributed by atoms with Crippen LogP contribution in [-0.2, 0) is 0 Å². The third kappa shape index (κ3) is 4.17. The lowest BCUT2D eigenvalue weighted by Crippen LogP contribution is -2.59. The van der Waals surface area contributed by atoms with E-state index >= 15 is 0 Å². The summed E-state index contributed by atoms with van der Waals surface area (Å²) in [6.07, 6.45) is 3.90. The lowest BCUT2D eigenvalue weighted by molar-refractivity contribution is 0.0215. The topological polar surface area (TPSA) is 15.6 Å². The summed E-state index contributed by atoms with van der Waals surface area (Å²) in [6, 6.07) is 25.1. The fourth-order valence-electron chi connectivity index (χ4n) is 5.40. The van der Waals surface area contributed by atoms with Crippen LogP contribution in [0.15, 0.2) is 83.9 Å². The molecule has 158 valence electrons. The maximum Gasteiger partial charge on any atom is 0.126 e. The Bertz CT molecular complexity index is 984. The highest BCUT2D eigenvalue weighted by Crippen LogP contribution is 2.43. The van der Waals surface area contributed by atoms with Crippen molar-refractivity contribution in [1.29, 1.82) is 0 Å². The third-order valence-electron chi connectivity index (χ3n) is 6.77. The van der Waals surface area contributed by atoms with E-state index in [1.54, 1.807) is 6.21 Å². The van der Waals surface area contributed by atoms with Crippen LogP contribution in [0.5, 0.6) is 0 Å². The van der Waals surface area contributed by atoms with Gasteiger partial charge >= 0.3 is 0 Å². The van der Waals surface area contributed by atoms with Crippen molar-refractivity contribution in [2.24, 2.45) is 10.9 Å². The molecule has 0 aromatic heterocycles. The van der Waals surface area contributed by atoms with Gasteiger partial charge in [-0.2, -0.15) is 0 Å². The zero-order chi connectivity index (χ0) is 21.2. The normalized spacial score (nSPS) is 25.4. The molecule has 6 rings (SSSR count). The van der Waals surface area contributed by atoms with Crippen LogP contribution in [0.4, 0.5) is 8.78 Å². The molecule has 0 amide bonds. The Labute approximate surface area is 182 Å². The van der Waals surface area contributed by atoms with Crippen molar-refractivity contribution in [2.75, 3.05) is 13.1 Å². The molecule has 31 heavy (non-hydrogen) atoms. The predicted octanol–water partition coefficient (Wildman–Crippen LogP) is 5.68. The summed E-state index contributed by atoms with van der Waals surface area (Å²) in [4.78, 5) is 7.54. The molecule has 3 aliphatic heterocycles. The lowest BCUT2D eigenvalue weighted by Gasteiger charge is -2.52. The Balaban J connectivity index is 1.55. The van der Waals surface area contributed by atoms with Gasteiger partial charge in [-0.15, -0.1) is 0 Å². The van der Waals surface area contributed by atoms with E-state index in [2.05, 4.69) is 53.4 Å². The van der Waals surface area contributed by atoms with Crippen LogP contribution >= 0.6 is 0 Å². The molecular weight excluding hydrogens is 390 g/mol. The molecule has 3 aromatic carbocycles. The molecular formula is C27H26F2N2. The summed E-state index contributed by atoms with van der Waals surface area (Å²) in [7, 11) is 0. The Hall–Kier alpha value is -2.85.